The molecule has 1 atom stereocenters. The van der Waals surface area contributed by atoms with Crippen LogP contribution in [0.15, 0.2) is 22.7 Å². The van der Waals surface area contributed by atoms with E-state index in [1.54, 1.807) is 7.11 Å². The van der Waals surface area contributed by atoms with Crippen LogP contribution in [0.4, 0.5) is 0 Å². The lowest BCUT2D eigenvalue weighted by Crippen LogP contribution is -2.30. The first kappa shape index (κ1) is 15.8. The highest BCUT2D eigenvalue weighted by Gasteiger charge is 2.07. The molecule has 0 aliphatic rings. The van der Waals surface area contributed by atoms with Crippen LogP contribution < -0.4 is 10.1 Å². The van der Waals surface area contributed by atoms with Crippen molar-refractivity contribution < 1.29 is 9.47 Å². The highest BCUT2D eigenvalue weighted by atomic mass is 79.9. The Kier molecular flexibility index (Phi) is 7.66. The third-order valence-corrected chi connectivity index (χ3v) is 3.14. The van der Waals surface area contributed by atoms with E-state index in [0.29, 0.717) is 10.8 Å². The number of halogens is 2. The molecule has 0 bridgehead atoms. The summed E-state index contributed by atoms with van der Waals surface area (Å²) in [5, 5.41) is 3.93. The molecule has 102 valence electrons. The van der Waals surface area contributed by atoms with Crippen LogP contribution in [0.5, 0.6) is 5.75 Å². The smallest absolute Gasteiger partial charge is 0.138 e. The van der Waals surface area contributed by atoms with Crippen LogP contribution >= 0.6 is 27.5 Å². The Morgan fingerprint density at radius 3 is 2.89 bits per heavy atom. The van der Waals surface area contributed by atoms with Crippen LogP contribution in [-0.4, -0.2) is 32.9 Å². The largest absolute Gasteiger partial charge is 0.488 e. The number of benzene rings is 1. The van der Waals surface area contributed by atoms with Crippen molar-refractivity contribution in [2.45, 2.75) is 19.4 Å². The predicted octanol–water partition coefficient (Wildman–Crippen LogP) is 3.50. The summed E-state index contributed by atoms with van der Waals surface area (Å²) < 4.78 is 11.7. The van der Waals surface area contributed by atoms with E-state index >= 15 is 0 Å². The molecule has 1 rings (SSSR count). The third kappa shape index (κ3) is 6.05. The number of rotatable bonds is 8. The average molecular weight is 337 g/mol. The molecule has 0 saturated carbocycles. The van der Waals surface area contributed by atoms with Crippen LogP contribution in [-0.2, 0) is 4.74 Å². The molecule has 5 heteroatoms. The lowest BCUT2D eigenvalue weighted by molar-refractivity contribution is 0.188. The second-order valence-corrected chi connectivity index (χ2v) is 5.38. The molecule has 0 aliphatic heterocycles. The van der Waals surface area contributed by atoms with Crippen LogP contribution in [0.1, 0.15) is 13.3 Å². The fourth-order valence-corrected chi connectivity index (χ4v) is 2.19. The van der Waals surface area contributed by atoms with E-state index in [1.165, 1.54) is 0 Å². The molecule has 1 aromatic carbocycles. The van der Waals surface area contributed by atoms with E-state index in [-0.39, 0.29) is 6.10 Å². The standard InChI is InChI=1S/C13H19BrClNO2/c1-10(9-16-6-3-7-17-2)18-13-5-4-11(14)8-12(13)15/h4-5,8,10,16H,3,6-7,9H2,1-2H3. The summed E-state index contributed by atoms with van der Waals surface area (Å²) in [7, 11) is 1.71. The summed E-state index contributed by atoms with van der Waals surface area (Å²) in [6.45, 7) is 4.51. The van der Waals surface area contributed by atoms with E-state index in [0.717, 1.165) is 30.6 Å². The first-order valence-corrected chi connectivity index (χ1v) is 7.12. The molecule has 1 unspecified atom stereocenters. The molecule has 0 fully saturated rings. The second kappa shape index (κ2) is 8.75. The molecule has 0 saturated heterocycles. The van der Waals surface area contributed by atoms with Gasteiger partial charge in [0.25, 0.3) is 0 Å². The predicted molar refractivity (Wildman–Crippen MR) is 78.6 cm³/mol. The number of hydrogen-bond donors (Lipinski definition) is 1. The van der Waals surface area contributed by atoms with Gasteiger partial charge in [-0.25, -0.2) is 0 Å². The Balaban J connectivity index is 2.28. The van der Waals surface area contributed by atoms with Gasteiger partial charge in [-0.05, 0) is 38.1 Å². The first-order valence-electron chi connectivity index (χ1n) is 5.95. The summed E-state index contributed by atoms with van der Waals surface area (Å²) in [5.41, 5.74) is 0. The molecule has 1 N–H and O–H groups in total. The Morgan fingerprint density at radius 1 is 1.44 bits per heavy atom. The maximum Gasteiger partial charge on any atom is 0.138 e. The number of ether oxygens (including phenoxy) is 2. The number of nitrogens with one attached hydrogen (secondary N) is 1. The van der Waals surface area contributed by atoms with Crippen molar-refractivity contribution in [2.24, 2.45) is 0 Å². The molecule has 1 aromatic rings. The van der Waals surface area contributed by atoms with E-state index < -0.39 is 0 Å². The SMILES string of the molecule is COCCCNCC(C)Oc1ccc(Br)cc1Cl. The summed E-state index contributed by atoms with van der Waals surface area (Å²) in [4.78, 5) is 0. The van der Waals surface area contributed by atoms with E-state index in [9.17, 15) is 0 Å². The zero-order chi connectivity index (χ0) is 13.4. The summed E-state index contributed by atoms with van der Waals surface area (Å²) in [5.74, 6) is 0.714. The highest BCUT2D eigenvalue weighted by Crippen LogP contribution is 2.28. The Bertz CT molecular complexity index is 363. The third-order valence-electron chi connectivity index (χ3n) is 2.36. The Hall–Kier alpha value is -0.290. The Morgan fingerprint density at radius 2 is 2.22 bits per heavy atom. The first-order chi connectivity index (χ1) is 8.63. The van der Waals surface area contributed by atoms with Crippen LogP contribution in [0.25, 0.3) is 0 Å². The van der Waals surface area contributed by atoms with Crippen LogP contribution in [0.3, 0.4) is 0 Å². The zero-order valence-electron chi connectivity index (χ0n) is 10.7. The average Bonchev–Trinajstić information content (AvgIpc) is 2.32. The van der Waals surface area contributed by atoms with Gasteiger partial charge in [-0.1, -0.05) is 27.5 Å². The molecule has 0 heterocycles. The highest BCUT2D eigenvalue weighted by molar-refractivity contribution is 9.10. The summed E-state index contributed by atoms with van der Waals surface area (Å²) >= 11 is 9.45. The monoisotopic (exact) mass is 335 g/mol. The van der Waals surface area contributed by atoms with E-state index in [1.807, 2.05) is 25.1 Å². The van der Waals surface area contributed by atoms with Crippen molar-refractivity contribution in [1.29, 1.82) is 0 Å². The lowest BCUT2D eigenvalue weighted by Gasteiger charge is -2.16. The van der Waals surface area contributed by atoms with Crippen molar-refractivity contribution in [3.63, 3.8) is 0 Å². The van der Waals surface area contributed by atoms with Crippen molar-refractivity contribution in [2.75, 3.05) is 26.8 Å². The van der Waals surface area contributed by atoms with Crippen molar-refractivity contribution in [3.05, 3.63) is 27.7 Å². The topological polar surface area (TPSA) is 30.5 Å². The maximum atomic E-state index is 6.08. The van der Waals surface area contributed by atoms with Gasteiger partial charge in [0.05, 0.1) is 5.02 Å². The van der Waals surface area contributed by atoms with E-state index in [2.05, 4.69) is 21.2 Å². The molecule has 0 radical (unpaired) electrons. The van der Waals surface area contributed by atoms with Gasteiger partial charge in [-0.3, -0.25) is 0 Å². The minimum absolute atomic E-state index is 0.0752. The second-order valence-electron chi connectivity index (χ2n) is 4.05. The molecule has 0 amide bonds. The fraction of sp³-hybridized carbons (Fsp3) is 0.538. The minimum atomic E-state index is 0.0752. The molecular formula is C13H19BrClNO2. The van der Waals surface area contributed by atoms with Gasteiger partial charge in [0, 0.05) is 24.7 Å². The van der Waals surface area contributed by atoms with Gasteiger partial charge in [-0.2, -0.15) is 0 Å². The molecular weight excluding hydrogens is 318 g/mol. The lowest BCUT2D eigenvalue weighted by atomic mass is 10.3. The molecule has 0 spiro atoms. The van der Waals surface area contributed by atoms with Gasteiger partial charge in [0.1, 0.15) is 11.9 Å². The maximum absolute atomic E-state index is 6.08. The van der Waals surface area contributed by atoms with Gasteiger partial charge in [0.2, 0.25) is 0 Å². The quantitative estimate of drug-likeness (QED) is 0.737. The molecule has 18 heavy (non-hydrogen) atoms. The fourth-order valence-electron chi connectivity index (χ4n) is 1.48. The number of methoxy groups -OCH3 is 1. The Labute approximate surface area is 122 Å². The minimum Gasteiger partial charge on any atom is -0.488 e. The van der Waals surface area contributed by atoms with Crippen molar-refractivity contribution >= 4 is 27.5 Å². The molecule has 0 aromatic heterocycles. The van der Waals surface area contributed by atoms with Crippen molar-refractivity contribution in [1.82, 2.24) is 5.32 Å². The van der Waals surface area contributed by atoms with Crippen molar-refractivity contribution in [3.8, 4) is 5.75 Å². The normalized spacial score (nSPS) is 12.4. The van der Waals surface area contributed by atoms with Gasteiger partial charge in [-0.15, -0.1) is 0 Å². The number of hydrogen-bond acceptors (Lipinski definition) is 3. The zero-order valence-corrected chi connectivity index (χ0v) is 13.1. The molecule has 3 nitrogen and oxygen atoms in total. The summed E-state index contributed by atoms with van der Waals surface area (Å²) in [6, 6.07) is 5.61. The van der Waals surface area contributed by atoms with Gasteiger partial charge < -0.3 is 14.8 Å². The van der Waals surface area contributed by atoms with Gasteiger partial charge in [0.15, 0.2) is 0 Å². The molecule has 0 aliphatic carbocycles. The summed E-state index contributed by atoms with van der Waals surface area (Å²) in [6.07, 6.45) is 1.08. The van der Waals surface area contributed by atoms with E-state index in [4.69, 9.17) is 21.1 Å². The van der Waals surface area contributed by atoms with Crippen LogP contribution in [0, 0.1) is 0 Å². The van der Waals surface area contributed by atoms with Crippen LogP contribution in [0.2, 0.25) is 5.02 Å². The van der Waals surface area contributed by atoms with Gasteiger partial charge >= 0.3 is 0 Å².